The zero-order valence-corrected chi connectivity index (χ0v) is 19.2. The fourth-order valence-electron chi connectivity index (χ4n) is 2.91. The highest BCUT2D eigenvalue weighted by atomic mass is 35.5. The molecular weight excluding hydrogens is 452 g/mol. The van der Waals surface area contributed by atoms with Crippen LogP contribution in [0.25, 0.3) is 0 Å². The lowest BCUT2D eigenvalue weighted by atomic mass is 10.1. The first-order valence-electron chi connectivity index (χ1n) is 10.4. The van der Waals surface area contributed by atoms with Gasteiger partial charge in [-0.3, -0.25) is 14.4 Å². The molecule has 1 aromatic rings. The summed E-state index contributed by atoms with van der Waals surface area (Å²) in [5.41, 5.74) is 5.81. The van der Waals surface area contributed by atoms with Crippen molar-refractivity contribution < 1.29 is 24.3 Å². The summed E-state index contributed by atoms with van der Waals surface area (Å²) in [5, 5.41) is 27.6. The van der Waals surface area contributed by atoms with Crippen LogP contribution in [-0.4, -0.2) is 59.8 Å². The Balaban J connectivity index is 2.81. The number of nitrogens with one attached hydrogen (secondary N) is 5. The van der Waals surface area contributed by atoms with Gasteiger partial charge in [0.2, 0.25) is 17.7 Å². The molecule has 0 aliphatic rings. The normalized spacial score (nSPS) is 13.2. The quantitative estimate of drug-likeness (QED) is 0.147. The molecule has 5 amide bonds. The smallest absolute Gasteiger partial charge is 0.312 e. The fourth-order valence-corrected chi connectivity index (χ4v) is 3.03. The van der Waals surface area contributed by atoms with Crippen LogP contribution >= 0.6 is 11.6 Å². The lowest BCUT2D eigenvalue weighted by molar-refractivity contribution is -0.132. The van der Waals surface area contributed by atoms with Crippen molar-refractivity contribution in [2.75, 3.05) is 6.54 Å². The van der Waals surface area contributed by atoms with Crippen LogP contribution in [0, 0.1) is 5.41 Å². The van der Waals surface area contributed by atoms with Crippen LogP contribution in [0.5, 0.6) is 0 Å². The number of urea groups is 1. The van der Waals surface area contributed by atoms with Gasteiger partial charge in [0.15, 0.2) is 0 Å². The maximum absolute atomic E-state index is 12.8. The number of hydrogen-bond donors (Lipinski definition) is 7. The number of carbonyl (C=O) groups is 4. The summed E-state index contributed by atoms with van der Waals surface area (Å²) in [5.74, 6) is -1.49. The number of aliphatic hydroxyl groups excluding tert-OH is 1. The SMILES string of the molecule is CC(=O)N[C@@H](CCCNC(N)=O)C(=O)N[C@@H](CCC(O)C=N)C(=O)NCc1ccc(Cl)cc1. The number of carbonyl (C=O) groups excluding carboxylic acids is 4. The fraction of sp³-hybridized carbons (Fsp3) is 0.476. The number of benzene rings is 1. The molecule has 0 aliphatic heterocycles. The molecule has 8 N–H and O–H groups in total. The third-order valence-electron chi connectivity index (χ3n) is 4.62. The Morgan fingerprint density at radius 1 is 1.03 bits per heavy atom. The van der Waals surface area contributed by atoms with E-state index in [4.69, 9.17) is 22.7 Å². The molecule has 0 saturated heterocycles. The first-order chi connectivity index (χ1) is 15.6. The van der Waals surface area contributed by atoms with E-state index in [1.807, 2.05) is 0 Å². The second-order valence-corrected chi connectivity index (χ2v) is 7.84. The van der Waals surface area contributed by atoms with E-state index in [0.717, 1.165) is 11.8 Å². The van der Waals surface area contributed by atoms with Crippen LogP contribution in [0.15, 0.2) is 24.3 Å². The summed E-state index contributed by atoms with van der Waals surface area (Å²) >= 11 is 5.86. The molecule has 33 heavy (non-hydrogen) atoms. The van der Waals surface area contributed by atoms with Crippen molar-refractivity contribution in [1.82, 2.24) is 21.3 Å². The van der Waals surface area contributed by atoms with E-state index in [-0.39, 0.29) is 32.4 Å². The molecule has 0 bridgehead atoms. The number of hydrogen-bond acceptors (Lipinski definition) is 6. The number of nitrogens with two attached hydrogens (primary N) is 1. The Kier molecular flexibility index (Phi) is 12.5. The number of halogens is 1. The van der Waals surface area contributed by atoms with Crippen LogP contribution in [0.2, 0.25) is 5.02 Å². The molecule has 11 nitrogen and oxygen atoms in total. The molecule has 12 heteroatoms. The predicted molar refractivity (Wildman–Crippen MR) is 124 cm³/mol. The molecule has 1 aromatic carbocycles. The van der Waals surface area contributed by atoms with Gasteiger partial charge in [0.05, 0.1) is 6.10 Å². The lowest BCUT2D eigenvalue weighted by Gasteiger charge is -2.23. The van der Waals surface area contributed by atoms with Crippen molar-refractivity contribution in [2.45, 2.75) is 57.3 Å². The van der Waals surface area contributed by atoms with E-state index in [2.05, 4.69) is 21.3 Å². The van der Waals surface area contributed by atoms with E-state index in [9.17, 15) is 24.3 Å². The largest absolute Gasteiger partial charge is 0.387 e. The molecule has 0 saturated carbocycles. The van der Waals surface area contributed by atoms with Gasteiger partial charge < -0.3 is 37.5 Å². The first-order valence-corrected chi connectivity index (χ1v) is 10.8. The van der Waals surface area contributed by atoms with Gasteiger partial charge in [0, 0.05) is 31.3 Å². The summed E-state index contributed by atoms with van der Waals surface area (Å²) in [4.78, 5) is 47.9. The zero-order valence-electron chi connectivity index (χ0n) is 18.4. The van der Waals surface area contributed by atoms with Gasteiger partial charge in [0.25, 0.3) is 0 Å². The zero-order chi connectivity index (χ0) is 24.8. The van der Waals surface area contributed by atoms with Gasteiger partial charge in [-0.2, -0.15) is 0 Å². The summed E-state index contributed by atoms with van der Waals surface area (Å²) in [6.07, 6.45) is 0.506. The van der Waals surface area contributed by atoms with E-state index in [1.54, 1.807) is 24.3 Å². The van der Waals surface area contributed by atoms with E-state index in [0.29, 0.717) is 11.4 Å². The van der Waals surface area contributed by atoms with Crippen LogP contribution in [0.4, 0.5) is 4.79 Å². The average molecular weight is 483 g/mol. The number of aliphatic hydroxyl groups is 1. The lowest BCUT2D eigenvalue weighted by Crippen LogP contribution is -2.53. The Morgan fingerprint density at radius 2 is 1.67 bits per heavy atom. The van der Waals surface area contributed by atoms with E-state index >= 15 is 0 Å². The van der Waals surface area contributed by atoms with Crippen molar-refractivity contribution in [3.05, 3.63) is 34.9 Å². The second kappa shape index (κ2) is 14.8. The number of rotatable bonds is 14. The van der Waals surface area contributed by atoms with E-state index in [1.165, 1.54) is 6.92 Å². The maximum Gasteiger partial charge on any atom is 0.312 e. The average Bonchev–Trinajstić information content (AvgIpc) is 2.77. The summed E-state index contributed by atoms with van der Waals surface area (Å²) in [6, 6.07) is 4.25. The van der Waals surface area contributed by atoms with Crippen molar-refractivity contribution in [3.63, 3.8) is 0 Å². The van der Waals surface area contributed by atoms with Gasteiger partial charge in [-0.05, 0) is 43.4 Å². The highest BCUT2D eigenvalue weighted by Crippen LogP contribution is 2.10. The molecule has 0 spiro atoms. The van der Waals surface area contributed by atoms with Gasteiger partial charge in [-0.1, -0.05) is 23.7 Å². The first kappa shape index (κ1) is 27.9. The third kappa shape index (κ3) is 11.9. The van der Waals surface area contributed by atoms with Crippen LogP contribution in [0.3, 0.4) is 0 Å². The third-order valence-corrected chi connectivity index (χ3v) is 4.87. The minimum Gasteiger partial charge on any atom is -0.387 e. The van der Waals surface area contributed by atoms with Crippen molar-refractivity contribution >= 4 is 41.6 Å². The molecule has 3 atom stereocenters. The van der Waals surface area contributed by atoms with Gasteiger partial charge in [0.1, 0.15) is 12.1 Å². The molecule has 1 unspecified atom stereocenters. The second-order valence-electron chi connectivity index (χ2n) is 7.40. The minimum absolute atomic E-state index is 0.0742. The predicted octanol–water partition coefficient (Wildman–Crippen LogP) is 0.185. The van der Waals surface area contributed by atoms with Gasteiger partial charge >= 0.3 is 6.03 Å². The molecule has 0 aliphatic carbocycles. The van der Waals surface area contributed by atoms with Crippen LogP contribution in [-0.2, 0) is 20.9 Å². The topological polar surface area (TPSA) is 186 Å². The Labute approximate surface area is 197 Å². The molecule has 0 radical (unpaired) electrons. The molecule has 0 heterocycles. The monoisotopic (exact) mass is 482 g/mol. The van der Waals surface area contributed by atoms with Gasteiger partial charge in [-0.15, -0.1) is 0 Å². The summed E-state index contributed by atoms with van der Waals surface area (Å²) in [7, 11) is 0. The van der Waals surface area contributed by atoms with E-state index < -0.39 is 41.9 Å². The Morgan fingerprint density at radius 3 is 2.24 bits per heavy atom. The van der Waals surface area contributed by atoms with Crippen molar-refractivity contribution in [3.8, 4) is 0 Å². The standard InChI is InChI=1S/C21H31ClN6O5/c1-13(29)27-17(3-2-10-25-21(24)33)20(32)28-18(9-8-16(30)11-23)19(31)26-12-14-4-6-15(22)7-5-14/h4-7,11,16-18,23,30H,2-3,8-10,12H2,1H3,(H,26,31)(H,27,29)(H,28,32)(H3,24,25,33)/t16?,17-,18-/m0/s1. The number of primary amides is 1. The molecule has 0 fully saturated rings. The maximum atomic E-state index is 12.8. The number of amides is 5. The van der Waals surface area contributed by atoms with Crippen molar-refractivity contribution in [2.24, 2.45) is 5.73 Å². The Hall–Kier alpha value is -3.18. The highest BCUT2D eigenvalue weighted by Gasteiger charge is 2.26. The minimum atomic E-state index is -1.06. The van der Waals surface area contributed by atoms with Crippen molar-refractivity contribution in [1.29, 1.82) is 5.41 Å². The highest BCUT2D eigenvalue weighted by molar-refractivity contribution is 6.30. The van der Waals surface area contributed by atoms with Gasteiger partial charge in [-0.25, -0.2) is 4.79 Å². The Bertz CT molecular complexity index is 820. The summed E-state index contributed by atoms with van der Waals surface area (Å²) in [6.45, 7) is 1.68. The van der Waals surface area contributed by atoms with Crippen LogP contribution in [0.1, 0.15) is 38.2 Å². The summed E-state index contributed by atoms with van der Waals surface area (Å²) < 4.78 is 0. The molecular formula is C21H31ClN6O5. The molecule has 182 valence electrons. The molecule has 0 aromatic heterocycles. The molecule has 1 rings (SSSR count). The van der Waals surface area contributed by atoms with Crippen LogP contribution < -0.4 is 27.0 Å².